The fourth-order valence-corrected chi connectivity index (χ4v) is 2.98. The number of nitrogens with one attached hydrogen (secondary N) is 1. The van der Waals surface area contributed by atoms with Crippen molar-refractivity contribution < 1.29 is 4.42 Å². The van der Waals surface area contributed by atoms with E-state index in [9.17, 15) is 0 Å². The summed E-state index contributed by atoms with van der Waals surface area (Å²) in [4.78, 5) is 4.31. The van der Waals surface area contributed by atoms with Crippen molar-refractivity contribution >= 4 is 31.9 Å². The maximum absolute atomic E-state index is 5.77. The first-order valence-electron chi connectivity index (χ1n) is 6.31. The molecule has 0 spiro atoms. The molecule has 1 heterocycles. The highest BCUT2D eigenvalue weighted by Gasteiger charge is 2.09. The van der Waals surface area contributed by atoms with Crippen LogP contribution in [0.3, 0.4) is 0 Å². The highest BCUT2D eigenvalue weighted by Crippen LogP contribution is 2.31. The van der Waals surface area contributed by atoms with Crippen LogP contribution < -0.4 is 5.32 Å². The van der Waals surface area contributed by atoms with Gasteiger partial charge in [-0.05, 0) is 47.1 Å². The van der Waals surface area contributed by atoms with Crippen LogP contribution in [0.1, 0.15) is 19.2 Å². The van der Waals surface area contributed by atoms with Crippen LogP contribution in [0, 0.1) is 0 Å². The topological polar surface area (TPSA) is 38.1 Å². The average molecular weight is 388 g/mol. The minimum Gasteiger partial charge on any atom is -0.441 e. The lowest BCUT2D eigenvalue weighted by atomic mass is 10.2. The van der Waals surface area contributed by atoms with Gasteiger partial charge in [-0.25, -0.2) is 4.98 Å². The molecule has 0 aliphatic rings. The van der Waals surface area contributed by atoms with Gasteiger partial charge < -0.3 is 9.73 Å². The molecular weight excluding hydrogens is 372 g/mol. The monoisotopic (exact) mass is 386 g/mol. The number of halogens is 2. The van der Waals surface area contributed by atoms with E-state index in [1.54, 1.807) is 6.20 Å². The van der Waals surface area contributed by atoms with Crippen molar-refractivity contribution in [3.8, 4) is 11.3 Å². The molecule has 0 fully saturated rings. The second kappa shape index (κ2) is 7.22. The summed E-state index contributed by atoms with van der Waals surface area (Å²) in [6, 6.07) is 6.00. The van der Waals surface area contributed by atoms with Crippen LogP contribution in [0.2, 0.25) is 0 Å². The summed E-state index contributed by atoms with van der Waals surface area (Å²) in [6.45, 7) is 4.09. The number of benzene rings is 1. The zero-order chi connectivity index (χ0) is 13.7. The van der Waals surface area contributed by atoms with Crippen LogP contribution in [-0.2, 0) is 6.42 Å². The van der Waals surface area contributed by atoms with E-state index < -0.39 is 0 Å². The third-order valence-corrected chi connectivity index (χ3v) is 3.84. The molecule has 0 saturated heterocycles. The van der Waals surface area contributed by atoms with Crippen molar-refractivity contribution in [3.63, 3.8) is 0 Å². The molecule has 1 aromatic heterocycles. The second-order valence-electron chi connectivity index (χ2n) is 4.24. The van der Waals surface area contributed by atoms with Crippen LogP contribution in [0.15, 0.2) is 37.8 Å². The van der Waals surface area contributed by atoms with E-state index in [0.29, 0.717) is 0 Å². The number of aromatic nitrogens is 1. The summed E-state index contributed by atoms with van der Waals surface area (Å²) in [5.74, 6) is 1.57. The van der Waals surface area contributed by atoms with E-state index >= 15 is 0 Å². The number of oxazole rings is 1. The maximum Gasteiger partial charge on any atom is 0.196 e. The number of hydrogen-bond donors (Lipinski definition) is 1. The largest absolute Gasteiger partial charge is 0.441 e. The van der Waals surface area contributed by atoms with Crippen molar-refractivity contribution in [2.75, 3.05) is 13.1 Å². The number of rotatable bonds is 6. The van der Waals surface area contributed by atoms with E-state index in [1.807, 2.05) is 18.2 Å². The third-order valence-electron chi connectivity index (χ3n) is 2.69. The van der Waals surface area contributed by atoms with Gasteiger partial charge in [0, 0.05) is 27.5 Å². The molecule has 0 radical (unpaired) electrons. The van der Waals surface area contributed by atoms with E-state index in [1.165, 1.54) is 0 Å². The van der Waals surface area contributed by atoms with Gasteiger partial charge >= 0.3 is 0 Å². The molecule has 3 nitrogen and oxygen atoms in total. The zero-order valence-corrected chi connectivity index (χ0v) is 13.9. The number of hydrogen-bond acceptors (Lipinski definition) is 3. The Morgan fingerprint density at radius 3 is 2.84 bits per heavy atom. The van der Waals surface area contributed by atoms with Crippen LogP contribution >= 0.6 is 31.9 Å². The predicted molar refractivity (Wildman–Crippen MR) is 84.2 cm³/mol. The van der Waals surface area contributed by atoms with Crippen LogP contribution in [0.5, 0.6) is 0 Å². The molecule has 1 N–H and O–H groups in total. The molecular formula is C14H16Br2N2O. The smallest absolute Gasteiger partial charge is 0.196 e. The molecule has 102 valence electrons. The van der Waals surface area contributed by atoms with E-state index in [4.69, 9.17) is 4.42 Å². The molecule has 0 atom stereocenters. The van der Waals surface area contributed by atoms with E-state index in [0.717, 1.165) is 52.1 Å². The summed E-state index contributed by atoms with van der Waals surface area (Å²) < 4.78 is 7.80. The first-order chi connectivity index (χ1) is 9.20. The lowest BCUT2D eigenvalue weighted by Gasteiger charge is -2.01. The van der Waals surface area contributed by atoms with Crippen LogP contribution in [0.25, 0.3) is 11.3 Å². The molecule has 5 heteroatoms. The third kappa shape index (κ3) is 4.16. The summed E-state index contributed by atoms with van der Waals surface area (Å²) in [6.07, 6.45) is 3.74. The molecule has 0 amide bonds. The average Bonchev–Trinajstić information content (AvgIpc) is 2.83. The van der Waals surface area contributed by atoms with Gasteiger partial charge in [0.2, 0.25) is 0 Å². The second-order valence-corrected chi connectivity index (χ2v) is 6.01. The molecule has 2 rings (SSSR count). The van der Waals surface area contributed by atoms with Crippen LogP contribution in [-0.4, -0.2) is 18.1 Å². The van der Waals surface area contributed by atoms with Gasteiger partial charge in [0.25, 0.3) is 0 Å². The molecule has 0 aliphatic heterocycles. The van der Waals surface area contributed by atoms with Crippen molar-refractivity contribution in [2.24, 2.45) is 0 Å². The normalized spacial score (nSPS) is 10.9. The van der Waals surface area contributed by atoms with Gasteiger partial charge in [0.1, 0.15) is 0 Å². The Morgan fingerprint density at radius 2 is 2.11 bits per heavy atom. The first kappa shape index (κ1) is 14.8. The standard InChI is InChI=1S/C14H16Br2N2O/c1-2-6-17-7-5-14-18-9-13(19-14)11-4-3-10(15)8-12(11)16/h3-4,8-9,17H,2,5-7H2,1H3. The van der Waals surface area contributed by atoms with Gasteiger partial charge in [-0.15, -0.1) is 0 Å². The predicted octanol–water partition coefficient (Wildman–Crippen LogP) is 4.41. The van der Waals surface area contributed by atoms with Gasteiger partial charge in [-0.1, -0.05) is 22.9 Å². The summed E-state index contributed by atoms with van der Waals surface area (Å²) in [5.41, 5.74) is 1.02. The highest BCUT2D eigenvalue weighted by molar-refractivity contribution is 9.11. The zero-order valence-electron chi connectivity index (χ0n) is 10.7. The Hall–Kier alpha value is -0.650. The van der Waals surface area contributed by atoms with Crippen molar-refractivity contribution in [1.82, 2.24) is 10.3 Å². The SMILES string of the molecule is CCCNCCc1ncc(-c2ccc(Br)cc2Br)o1. The fraction of sp³-hybridized carbons (Fsp3) is 0.357. The maximum atomic E-state index is 5.77. The molecule has 1 aromatic carbocycles. The van der Waals surface area contributed by atoms with E-state index in [2.05, 4.69) is 49.1 Å². The molecule has 0 saturated carbocycles. The Labute approximate surface area is 130 Å². The summed E-state index contributed by atoms with van der Waals surface area (Å²) in [7, 11) is 0. The Kier molecular flexibility index (Phi) is 5.60. The fourth-order valence-electron chi connectivity index (χ4n) is 1.74. The quantitative estimate of drug-likeness (QED) is 0.746. The van der Waals surface area contributed by atoms with Crippen LogP contribution in [0.4, 0.5) is 0 Å². The minimum atomic E-state index is 0.772. The van der Waals surface area contributed by atoms with Gasteiger partial charge in [-0.2, -0.15) is 0 Å². The lowest BCUT2D eigenvalue weighted by Crippen LogP contribution is -2.17. The van der Waals surface area contributed by atoms with Gasteiger partial charge in [0.05, 0.1) is 6.20 Å². The first-order valence-corrected chi connectivity index (χ1v) is 7.90. The summed E-state index contributed by atoms with van der Waals surface area (Å²) in [5, 5.41) is 3.34. The van der Waals surface area contributed by atoms with Crippen molar-refractivity contribution in [3.05, 3.63) is 39.2 Å². The highest BCUT2D eigenvalue weighted by atomic mass is 79.9. The molecule has 0 bridgehead atoms. The lowest BCUT2D eigenvalue weighted by molar-refractivity contribution is 0.495. The van der Waals surface area contributed by atoms with E-state index in [-0.39, 0.29) is 0 Å². The Balaban J connectivity index is 2.04. The Morgan fingerprint density at radius 1 is 1.26 bits per heavy atom. The van der Waals surface area contributed by atoms with Crippen molar-refractivity contribution in [2.45, 2.75) is 19.8 Å². The van der Waals surface area contributed by atoms with Gasteiger partial charge in [-0.3, -0.25) is 0 Å². The molecule has 19 heavy (non-hydrogen) atoms. The molecule has 0 unspecified atom stereocenters. The van der Waals surface area contributed by atoms with Gasteiger partial charge in [0.15, 0.2) is 11.7 Å². The Bertz CT molecular complexity index is 540. The molecule has 2 aromatic rings. The van der Waals surface area contributed by atoms with Crippen molar-refractivity contribution in [1.29, 1.82) is 0 Å². The minimum absolute atomic E-state index is 0.772. The number of nitrogens with zero attached hydrogens (tertiary/aromatic N) is 1. The molecule has 0 aliphatic carbocycles. The summed E-state index contributed by atoms with van der Waals surface area (Å²) >= 11 is 6.97.